The summed E-state index contributed by atoms with van der Waals surface area (Å²) >= 11 is 1.54. The molecular formula is C23H32N4O6S. The lowest BCUT2D eigenvalue weighted by atomic mass is 10.0. The maximum Gasteiger partial charge on any atom is 0.305 e. The van der Waals surface area contributed by atoms with E-state index in [0.29, 0.717) is 25.0 Å². The Morgan fingerprint density at radius 3 is 2.56 bits per heavy atom. The lowest BCUT2D eigenvalue weighted by Gasteiger charge is -2.31. The highest BCUT2D eigenvalue weighted by Gasteiger charge is 2.44. The van der Waals surface area contributed by atoms with E-state index in [1.807, 2.05) is 36.6 Å². The van der Waals surface area contributed by atoms with Crippen LogP contribution >= 0.6 is 11.8 Å². The van der Waals surface area contributed by atoms with E-state index in [2.05, 4.69) is 16.0 Å². The van der Waals surface area contributed by atoms with Gasteiger partial charge in [-0.05, 0) is 37.3 Å². The van der Waals surface area contributed by atoms with Crippen molar-refractivity contribution >= 4 is 41.9 Å². The van der Waals surface area contributed by atoms with Crippen molar-refractivity contribution in [1.82, 2.24) is 20.9 Å². The molecule has 4 atom stereocenters. The van der Waals surface area contributed by atoms with E-state index in [1.165, 1.54) is 4.90 Å². The van der Waals surface area contributed by atoms with Gasteiger partial charge in [0, 0.05) is 19.0 Å². The number of amides is 4. The quantitative estimate of drug-likeness (QED) is 0.271. The summed E-state index contributed by atoms with van der Waals surface area (Å²) < 4.78 is 0. The number of carbonyl (C=O) groups excluding carboxylic acids is 4. The Kier molecular flexibility index (Phi) is 10.9. The number of benzene rings is 1. The Morgan fingerprint density at radius 1 is 1.24 bits per heavy atom. The van der Waals surface area contributed by atoms with Crippen LogP contribution < -0.4 is 16.0 Å². The third-order valence-corrected chi connectivity index (χ3v) is 6.31. The van der Waals surface area contributed by atoms with E-state index >= 15 is 0 Å². The van der Waals surface area contributed by atoms with E-state index < -0.39 is 35.9 Å². The van der Waals surface area contributed by atoms with Gasteiger partial charge < -0.3 is 26.0 Å². The van der Waals surface area contributed by atoms with Crippen LogP contribution in [-0.2, 0) is 30.4 Å². The molecule has 11 heteroatoms. The normalized spacial score (nSPS) is 19.2. The van der Waals surface area contributed by atoms with Crippen molar-refractivity contribution in [2.45, 2.75) is 56.8 Å². The summed E-state index contributed by atoms with van der Waals surface area (Å²) in [6.07, 6.45) is 3.12. The molecule has 0 bridgehead atoms. The van der Waals surface area contributed by atoms with Gasteiger partial charge in [-0.1, -0.05) is 30.3 Å². The van der Waals surface area contributed by atoms with Gasteiger partial charge in [0.25, 0.3) is 0 Å². The number of hydrogen-bond acceptors (Lipinski definition) is 6. The van der Waals surface area contributed by atoms with Crippen molar-refractivity contribution in [2.75, 3.05) is 18.6 Å². The maximum atomic E-state index is 13.3. The number of likely N-dealkylation sites (tertiary alicyclic amines) is 1. The zero-order valence-corrected chi connectivity index (χ0v) is 20.2. The third kappa shape index (κ3) is 7.75. The minimum absolute atomic E-state index is 0.0511. The van der Waals surface area contributed by atoms with Crippen molar-refractivity contribution in [1.29, 1.82) is 0 Å². The lowest BCUT2D eigenvalue weighted by Crippen LogP contribution is -2.54. The zero-order chi connectivity index (χ0) is 25.1. The van der Waals surface area contributed by atoms with Gasteiger partial charge in [0.1, 0.15) is 18.1 Å². The van der Waals surface area contributed by atoms with Crippen LogP contribution in [0.2, 0.25) is 0 Å². The first-order chi connectivity index (χ1) is 16.3. The fraction of sp³-hybridized carbons (Fsp3) is 0.522. The minimum Gasteiger partial charge on any atom is -0.481 e. The topological polar surface area (TPSA) is 145 Å². The predicted octanol–water partition coefficient (Wildman–Crippen LogP) is 0.162. The first-order valence-electron chi connectivity index (χ1n) is 11.1. The van der Waals surface area contributed by atoms with E-state index in [4.69, 9.17) is 5.11 Å². The number of hydrogen-bond donors (Lipinski definition) is 4. The number of nitrogens with one attached hydrogen (secondary N) is 3. The number of nitrogens with zero attached hydrogens (tertiary/aromatic N) is 1. The second-order valence-corrected chi connectivity index (χ2v) is 9.14. The molecule has 0 saturated carbocycles. The van der Waals surface area contributed by atoms with Gasteiger partial charge in [0.15, 0.2) is 0 Å². The molecule has 0 spiro atoms. The molecule has 1 aliphatic heterocycles. The van der Waals surface area contributed by atoms with Crippen LogP contribution in [0, 0.1) is 0 Å². The van der Waals surface area contributed by atoms with Gasteiger partial charge >= 0.3 is 5.97 Å². The summed E-state index contributed by atoms with van der Waals surface area (Å²) in [6.45, 7) is 1.76. The number of carboxylic acid groups (broad SMARTS) is 1. The first-order valence-corrected chi connectivity index (χ1v) is 12.5. The van der Waals surface area contributed by atoms with Crippen molar-refractivity contribution in [3.8, 4) is 0 Å². The van der Waals surface area contributed by atoms with Gasteiger partial charge in [-0.2, -0.15) is 11.8 Å². The molecule has 0 radical (unpaired) electrons. The van der Waals surface area contributed by atoms with Crippen LogP contribution in [0.5, 0.6) is 0 Å². The van der Waals surface area contributed by atoms with Crippen LogP contribution in [0.4, 0.5) is 0 Å². The summed E-state index contributed by atoms with van der Waals surface area (Å²) in [6, 6.07) is 6.46. The molecule has 1 heterocycles. The number of carbonyl (C=O) groups is 5. The summed E-state index contributed by atoms with van der Waals surface area (Å²) in [7, 11) is 0. The Morgan fingerprint density at radius 2 is 1.94 bits per heavy atom. The SMILES string of the molecule is CSCC[C@H](NC=O)C(=O)N[C@H]1CC(C)N([C@@H](Cc2ccccc2)C(=O)NCCC(=O)O)C1=O. The average molecular weight is 493 g/mol. The summed E-state index contributed by atoms with van der Waals surface area (Å²) in [5.41, 5.74) is 0.848. The molecule has 1 aromatic carbocycles. The van der Waals surface area contributed by atoms with Crippen molar-refractivity contribution in [3.05, 3.63) is 35.9 Å². The molecule has 4 amide bonds. The highest BCUT2D eigenvalue weighted by atomic mass is 32.2. The molecule has 4 N–H and O–H groups in total. The molecule has 2 rings (SSSR count). The molecule has 1 fully saturated rings. The molecule has 186 valence electrons. The van der Waals surface area contributed by atoms with Gasteiger partial charge in [0.2, 0.25) is 24.1 Å². The molecule has 34 heavy (non-hydrogen) atoms. The lowest BCUT2D eigenvalue weighted by molar-refractivity contribution is -0.141. The van der Waals surface area contributed by atoms with Crippen LogP contribution in [0.15, 0.2) is 30.3 Å². The highest BCUT2D eigenvalue weighted by Crippen LogP contribution is 2.24. The van der Waals surface area contributed by atoms with Crippen LogP contribution in [0.1, 0.15) is 31.7 Å². The van der Waals surface area contributed by atoms with Crippen molar-refractivity contribution in [3.63, 3.8) is 0 Å². The molecule has 0 aromatic heterocycles. The van der Waals surface area contributed by atoms with Gasteiger partial charge in [-0.25, -0.2) is 0 Å². The van der Waals surface area contributed by atoms with Gasteiger partial charge in [0.05, 0.1) is 6.42 Å². The fourth-order valence-electron chi connectivity index (χ4n) is 3.98. The molecule has 1 aliphatic rings. The van der Waals surface area contributed by atoms with Crippen LogP contribution in [0.25, 0.3) is 0 Å². The summed E-state index contributed by atoms with van der Waals surface area (Å²) in [4.78, 5) is 62.2. The maximum absolute atomic E-state index is 13.3. The molecule has 10 nitrogen and oxygen atoms in total. The number of aliphatic carboxylic acids is 1. The smallest absolute Gasteiger partial charge is 0.305 e. The van der Waals surface area contributed by atoms with Gasteiger partial charge in [-0.15, -0.1) is 0 Å². The van der Waals surface area contributed by atoms with Gasteiger partial charge in [-0.3, -0.25) is 24.0 Å². The van der Waals surface area contributed by atoms with Crippen LogP contribution in [-0.4, -0.2) is 82.8 Å². The second kappa shape index (κ2) is 13.6. The fourth-order valence-corrected chi connectivity index (χ4v) is 4.45. The predicted molar refractivity (Wildman–Crippen MR) is 128 cm³/mol. The molecule has 1 unspecified atom stereocenters. The molecule has 1 aromatic rings. The molecule has 1 saturated heterocycles. The van der Waals surface area contributed by atoms with E-state index in [0.717, 1.165) is 5.56 Å². The summed E-state index contributed by atoms with van der Waals surface area (Å²) in [5.74, 6) is -1.65. The first kappa shape index (κ1) is 27.2. The third-order valence-electron chi connectivity index (χ3n) is 5.67. The highest BCUT2D eigenvalue weighted by molar-refractivity contribution is 7.98. The van der Waals surface area contributed by atoms with E-state index in [9.17, 15) is 24.0 Å². The Labute approximate surface area is 203 Å². The Balaban J connectivity index is 2.17. The molecular weight excluding hydrogens is 460 g/mol. The second-order valence-electron chi connectivity index (χ2n) is 8.15. The number of carboxylic acids is 1. The minimum atomic E-state index is -1.03. The Hall–Kier alpha value is -3.08. The monoisotopic (exact) mass is 492 g/mol. The van der Waals surface area contributed by atoms with E-state index in [1.54, 1.807) is 18.7 Å². The zero-order valence-electron chi connectivity index (χ0n) is 19.4. The standard InChI is InChI=1S/C23H32N4O6S/c1-15-12-18(26-21(31)17(25-14-28)9-11-34-2)23(33)27(15)19(13-16-6-4-3-5-7-16)22(32)24-10-8-20(29)30/h3-7,14-15,17-19H,8-13H2,1-2H3,(H,24,32)(H,25,28)(H,26,31)(H,29,30)/t15?,17-,18-,19-/m0/s1. The Bertz CT molecular complexity index is 868. The van der Waals surface area contributed by atoms with Crippen molar-refractivity contribution in [2.24, 2.45) is 0 Å². The summed E-state index contributed by atoms with van der Waals surface area (Å²) in [5, 5.41) is 16.7. The van der Waals surface area contributed by atoms with Crippen molar-refractivity contribution < 1.29 is 29.1 Å². The average Bonchev–Trinajstić information content (AvgIpc) is 3.07. The van der Waals surface area contributed by atoms with Crippen LogP contribution in [0.3, 0.4) is 0 Å². The van der Waals surface area contributed by atoms with E-state index in [-0.39, 0.29) is 31.3 Å². The number of rotatable bonds is 14. The largest absolute Gasteiger partial charge is 0.481 e. The number of thioether (sulfide) groups is 1. The molecule has 0 aliphatic carbocycles.